The summed E-state index contributed by atoms with van der Waals surface area (Å²) in [5, 5.41) is 3.05. The van der Waals surface area contributed by atoms with E-state index in [0.717, 1.165) is 43.6 Å². The number of alkyl halides is 3. The summed E-state index contributed by atoms with van der Waals surface area (Å²) < 4.78 is 47.4. The van der Waals surface area contributed by atoms with Crippen molar-refractivity contribution in [1.82, 2.24) is 19.4 Å². The number of fused-ring (bicyclic) bond motifs is 1. The summed E-state index contributed by atoms with van der Waals surface area (Å²) in [6.07, 6.45) is -0.872. The van der Waals surface area contributed by atoms with E-state index < -0.39 is 11.7 Å². The van der Waals surface area contributed by atoms with E-state index in [1.165, 1.54) is 6.07 Å². The SMILES string of the molecule is CC(C)N1CCC(C(=O)Cc2cc(Oc3ccc4c(c3)nc(Nc3cc(C(F)(F)F)ccc3Cl)n4C)ccn2)CC1. The quantitative estimate of drug-likeness (QED) is 0.232. The molecule has 0 saturated carbocycles. The molecular formula is C30H31ClF3N5O2. The summed E-state index contributed by atoms with van der Waals surface area (Å²) in [7, 11) is 1.75. The molecule has 0 bridgehead atoms. The Morgan fingerprint density at radius 2 is 1.83 bits per heavy atom. The van der Waals surface area contributed by atoms with Crippen molar-refractivity contribution in [2.45, 2.75) is 45.3 Å². The number of carbonyl (C=O) groups is 1. The van der Waals surface area contributed by atoms with Crippen molar-refractivity contribution in [1.29, 1.82) is 0 Å². The first-order valence-corrected chi connectivity index (χ1v) is 13.9. The van der Waals surface area contributed by atoms with Crippen LogP contribution in [0.4, 0.5) is 24.8 Å². The largest absolute Gasteiger partial charge is 0.457 e. The van der Waals surface area contributed by atoms with Gasteiger partial charge in [0.15, 0.2) is 0 Å². The minimum Gasteiger partial charge on any atom is -0.457 e. The third-order valence-corrected chi connectivity index (χ3v) is 7.82. The first-order chi connectivity index (χ1) is 19.5. The highest BCUT2D eigenvalue weighted by Crippen LogP contribution is 2.36. The molecule has 1 aliphatic heterocycles. The Bertz CT molecular complexity index is 1560. The van der Waals surface area contributed by atoms with E-state index in [2.05, 4.69) is 34.0 Å². The van der Waals surface area contributed by atoms with Crippen LogP contribution in [0.15, 0.2) is 54.7 Å². The molecule has 3 heterocycles. The van der Waals surface area contributed by atoms with Crippen LogP contribution < -0.4 is 10.1 Å². The molecule has 0 aliphatic carbocycles. The van der Waals surface area contributed by atoms with Gasteiger partial charge in [-0.3, -0.25) is 9.78 Å². The summed E-state index contributed by atoms with van der Waals surface area (Å²) in [4.78, 5) is 24.2. The average molecular weight is 586 g/mol. The number of ether oxygens (including phenoxy) is 1. The summed E-state index contributed by atoms with van der Waals surface area (Å²) in [6, 6.07) is 12.4. The fourth-order valence-electron chi connectivity index (χ4n) is 5.09. The Morgan fingerprint density at radius 3 is 2.54 bits per heavy atom. The van der Waals surface area contributed by atoms with Crippen LogP contribution in [0.3, 0.4) is 0 Å². The van der Waals surface area contributed by atoms with Gasteiger partial charge in [-0.1, -0.05) is 11.6 Å². The summed E-state index contributed by atoms with van der Waals surface area (Å²) in [5.41, 5.74) is 1.26. The molecule has 0 spiro atoms. The lowest BCUT2D eigenvalue weighted by atomic mass is 9.90. The molecule has 11 heteroatoms. The van der Waals surface area contributed by atoms with Gasteiger partial charge in [0.1, 0.15) is 17.3 Å². The van der Waals surface area contributed by atoms with Crippen LogP contribution in [0.25, 0.3) is 11.0 Å². The first kappa shape index (κ1) is 28.9. The van der Waals surface area contributed by atoms with Crippen molar-refractivity contribution in [2.75, 3.05) is 18.4 Å². The molecule has 7 nitrogen and oxygen atoms in total. The predicted molar refractivity (Wildman–Crippen MR) is 153 cm³/mol. The Morgan fingerprint density at radius 1 is 1.10 bits per heavy atom. The maximum atomic E-state index is 13.2. The summed E-state index contributed by atoms with van der Waals surface area (Å²) in [6.45, 7) is 6.22. The highest BCUT2D eigenvalue weighted by atomic mass is 35.5. The second-order valence-electron chi connectivity index (χ2n) is 10.6. The molecule has 1 aliphatic rings. The van der Waals surface area contributed by atoms with E-state index in [1.807, 2.05) is 6.07 Å². The number of Topliss-reactive ketones (excluding diaryl/α,β-unsaturated/α-hetero) is 1. The fourth-order valence-corrected chi connectivity index (χ4v) is 5.25. The molecule has 41 heavy (non-hydrogen) atoms. The van der Waals surface area contributed by atoms with Gasteiger partial charge in [0, 0.05) is 43.8 Å². The Hall–Kier alpha value is -3.63. The number of benzene rings is 2. The van der Waals surface area contributed by atoms with E-state index in [0.29, 0.717) is 34.7 Å². The third-order valence-electron chi connectivity index (χ3n) is 7.49. The van der Waals surface area contributed by atoms with Crippen molar-refractivity contribution >= 4 is 40.1 Å². The van der Waals surface area contributed by atoms with Gasteiger partial charge in [-0.25, -0.2) is 4.98 Å². The number of hydrogen-bond acceptors (Lipinski definition) is 6. The van der Waals surface area contributed by atoms with Gasteiger partial charge in [-0.2, -0.15) is 13.2 Å². The van der Waals surface area contributed by atoms with Gasteiger partial charge in [0.25, 0.3) is 0 Å². The molecule has 1 saturated heterocycles. The van der Waals surface area contributed by atoms with Crippen LogP contribution in [0, 0.1) is 5.92 Å². The monoisotopic (exact) mass is 585 g/mol. The fraction of sp³-hybridized carbons (Fsp3) is 0.367. The zero-order valence-electron chi connectivity index (χ0n) is 23.0. The van der Waals surface area contributed by atoms with Crippen molar-refractivity contribution < 1.29 is 22.7 Å². The topological polar surface area (TPSA) is 72.3 Å². The molecule has 5 rings (SSSR count). The van der Waals surface area contributed by atoms with Crippen molar-refractivity contribution in [3.63, 3.8) is 0 Å². The number of likely N-dealkylation sites (tertiary alicyclic amines) is 1. The number of hydrogen-bond donors (Lipinski definition) is 1. The molecule has 1 N–H and O–H groups in total. The zero-order chi connectivity index (χ0) is 29.3. The molecule has 0 amide bonds. The van der Waals surface area contributed by atoms with Crippen LogP contribution in [0.2, 0.25) is 5.02 Å². The lowest BCUT2D eigenvalue weighted by Gasteiger charge is -2.33. The van der Waals surface area contributed by atoms with Crippen LogP contribution in [-0.4, -0.2) is 44.3 Å². The molecule has 2 aromatic heterocycles. The number of anilines is 2. The van der Waals surface area contributed by atoms with E-state index in [1.54, 1.807) is 42.1 Å². The van der Waals surface area contributed by atoms with Gasteiger partial charge in [0.2, 0.25) is 5.95 Å². The van der Waals surface area contributed by atoms with Crippen LogP contribution in [-0.2, 0) is 24.4 Å². The number of carbonyl (C=O) groups excluding carboxylic acids is 1. The zero-order valence-corrected chi connectivity index (χ0v) is 23.8. The third kappa shape index (κ3) is 6.65. The lowest BCUT2D eigenvalue weighted by Crippen LogP contribution is -2.40. The number of aryl methyl sites for hydroxylation is 1. The minimum atomic E-state index is -4.50. The second kappa shape index (κ2) is 11.7. The van der Waals surface area contributed by atoms with Gasteiger partial charge in [0.05, 0.1) is 33.0 Å². The van der Waals surface area contributed by atoms with Crippen LogP contribution in [0.1, 0.15) is 37.9 Å². The Balaban J connectivity index is 1.28. The molecule has 0 unspecified atom stereocenters. The van der Waals surface area contributed by atoms with E-state index in [4.69, 9.17) is 16.3 Å². The lowest BCUT2D eigenvalue weighted by molar-refractivity contribution is -0.137. The number of piperidine rings is 1. The maximum Gasteiger partial charge on any atom is 0.416 e. The van der Waals surface area contributed by atoms with Gasteiger partial charge in [-0.05, 0) is 76.2 Å². The maximum absolute atomic E-state index is 13.2. The molecule has 0 radical (unpaired) electrons. The highest BCUT2D eigenvalue weighted by Gasteiger charge is 2.31. The predicted octanol–water partition coefficient (Wildman–Crippen LogP) is 7.41. The minimum absolute atomic E-state index is 0.0524. The highest BCUT2D eigenvalue weighted by molar-refractivity contribution is 6.33. The number of rotatable bonds is 8. The average Bonchev–Trinajstić information content (AvgIpc) is 3.23. The number of nitrogens with zero attached hydrogens (tertiary/aromatic N) is 4. The number of halogens is 4. The molecule has 0 atom stereocenters. The van der Waals surface area contributed by atoms with E-state index >= 15 is 0 Å². The number of ketones is 1. The standard InChI is InChI=1S/C30H31ClF3N5O2/c1-18(2)39-12-9-19(10-13-39)28(40)16-21-15-23(8-11-35-21)41-22-5-7-27-26(17-22)37-29(38(27)3)36-25-14-20(30(32,33)34)4-6-24(25)31/h4-8,11,14-15,17-19H,9-10,12-13,16H2,1-3H3,(H,36,37). The molecule has 216 valence electrons. The Labute approximate surface area is 241 Å². The number of imidazole rings is 1. The van der Waals surface area contributed by atoms with E-state index in [-0.39, 0.29) is 28.8 Å². The number of aromatic nitrogens is 3. The van der Waals surface area contributed by atoms with Crippen LogP contribution >= 0.6 is 11.6 Å². The van der Waals surface area contributed by atoms with Crippen molar-refractivity contribution in [3.8, 4) is 11.5 Å². The van der Waals surface area contributed by atoms with Crippen molar-refractivity contribution in [3.05, 3.63) is 71.0 Å². The first-order valence-electron chi connectivity index (χ1n) is 13.5. The van der Waals surface area contributed by atoms with Crippen molar-refractivity contribution in [2.24, 2.45) is 13.0 Å². The Kier molecular flexibility index (Phi) is 8.24. The molecule has 2 aromatic carbocycles. The summed E-state index contributed by atoms with van der Waals surface area (Å²) >= 11 is 6.15. The second-order valence-corrected chi connectivity index (χ2v) is 11.0. The van der Waals surface area contributed by atoms with Gasteiger partial charge < -0.3 is 19.5 Å². The smallest absolute Gasteiger partial charge is 0.416 e. The van der Waals surface area contributed by atoms with Gasteiger partial charge in [-0.15, -0.1) is 0 Å². The summed E-state index contributed by atoms with van der Waals surface area (Å²) in [5.74, 6) is 1.64. The number of pyridine rings is 1. The van der Waals surface area contributed by atoms with E-state index in [9.17, 15) is 18.0 Å². The molecular weight excluding hydrogens is 555 g/mol. The van der Waals surface area contributed by atoms with Gasteiger partial charge >= 0.3 is 6.18 Å². The van der Waals surface area contributed by atoms with Crippen LogP contribution in [0.5, 0.6) is 11.5 Å². The normalized spacial score (nSPS) is 15.0. The number of nitrogens with one attached hydrogen (secondary N) is 1. The molecule has 1 fully saturated rings. The molecule has 4 aromatic rings.